The van der Waals surface area contributed by atoms with Gasteiger partial charge in [0.15, 0.2) is 0 Å². The molecule has 0 aliphatic carbocycles. The Balaban J connectivity index is 2.83. The van der Waals surface area contributed by atoms with E-state index in [2.05, 4.69) is 18.9 Å². The zero-order valence-corrected chi connectivity index (χ0v) is 9.09. The first-order chi connectivity index (χ1) is 6.56. The summed E-state index contributed by atoms with van der Waals surface area (Å²) in [5.41, 5.74) is 8.91. The molecule has 0 unspecified atom stereocenters. The number of nitrogens with two attached hydrogens (primary N) is 1. The van der Waals surface area contributed by atoms with Gasteiger partial charge in [0.05, 0.1) is 11.5 Å². The molecule has 0 aliphatic rings. The Hall–Kier alpha value is -1.32. The molecule has 1 aromatic heterocycles. The van der Waals surface area contributed by atoms with E-state index in [9.17, 15) is 0 Å². The summed E-state index contributed by atoms with van der Waals surface area (Å²) in [7, 11) is 0. The normalized spacial score (nSPS) is 10.5. The van der Waals surface area contributed by atoms with E-state index in [1.807, 2.05) is 11.6 Å². The van der Waals surface area contributed by atoms with Crippen LogP contribution in [0.1, 0.15) is 30.3 Å². The van der Waals surface area contributed by atoms with Crippen LogP contribution in [0.5, 0.6) is 0 Å². The highest BCUT2D eigenvalue weighted by Gasteiger charge is 2.08. The van der Waals surface area contributed by atoms with Gasteiger partial charge in [-0.05, 0) is 25.8 Å². The molecule has 3 N–H and O–H groups in total. The molecule has 4 heteroatoms. The van der Waals surface area contributed by atoms with Crippen molar-refractivity contribution in [3.05, 3.63) is 17.0 Å². The molecule has 14 heavy (non-hydrogen) atoms. The molecule has 0 bridgehead atoms. The maximum Gasteiger partial charge on any atom is 0.0923 e. The molecule has 0 saturated heterocycles. The third-order valence-electron chi connectivity index (χ3n) is 2.48. The Morgan fingerprint density at radius 2 is 2.14 bits per heavy atom. The molecule has 4 nitrogen and oxygen atoms in total. The van der Waals surface area contributed by atoms with Crippen LogP contribution in [0.15, 0.2) is 0 Å². The number of nitrogens with zero attached hydrogens (tertiary/aromatic N) is 2. The van der Waals surface area contributed by atoms with Crippen LogP contribution < -0.4 is 5.73 Å². The number of rotatable bonds is 4. The number of nitrogens with one attached hydrogen (secondary N) is 1. The molecule has 0 spiro atoms. The summed E-state index contributed by atoms with van der Waals surface area (Å²) < 4.78 is 1.94. The topological polar surface area (TPSA) is 67.7 Å². The zero-order valence-electron chi connectivity index (χ0n) is 9.09. The van der Waals surface area contributed by atoms with Gasteiger partial charge < -0.3 is 5.73 Å². The predicted molar refractivity (Wildman–Crippen MR) is 57.6 cm³/mol. The van der Waals surface area contributed by atoms with E-state index >= 15 is 0 Å². The fraction of sp³-hybridized carbons (Fsp3) is 0.600. The van der Waals surface area contributed by atoms with Gasteiger partial charge in [-0.1, -0.05) is 6.92 Å². The van der Waals surface area contributed by atoms with E-state index in [0.29, 0.717) is 13.0 Å². The Morgan fingerprint density at radius 3 is 2.57 bits per heavy atom. The first-order valence-corrected chi connectivity index (χ1v) is 4.92. The maximum absolute atomic E-state index is 7.16. The summed E-state index contributed by atoms with van der Waals surface area (Å²) in [6.07, 6.45) is 1.59. The minimum absolute atomic E-state index is 0.218. The van der Waals surface area contributed by atoms with Gasteiger partial charge >= 0.3 is 0 Å². The van der Waals surface area contributed by atoms with Gasteiger partial charge in [-0.15, -0.1) is 0 Å². The van der Waals surface area contributed by atoms with Crippen molar-refractivity contribution in [1.29, 1.82) is 5.41 Å². The molecular weight excluding hydrogens is 176 g/mol. The Labute approximate surface area is 84.6 Å². The zero-order chi connectivity index (χ0) is 10.7. The van der Waals surface area contributed by atoms with Crippen molar-refractivity contribution in [1.82, 2.24) is 9.78 Å². The lowest BCUT2D eigenvalue weighted by atomic mass is 10.1. The fourth-order valence-electron chi connectivity index (χ4n) is 1.69. The third-order valence-corrected chi connectivity index (χ3v) is 2.48. The highest BCUT2D eigenvalue weighted by Crippen LogP contribution is 2.13. The van der Waals surface area contributed by atoms with Crippen molar-refractivity contribution in [2.75, 3.05) is 0 Å². The summed E-state index contributed by atoms with van der Waals surface area (Å²) in [6.45, 7) is 6.93. The molecule has 0 aromatic carbocycles. The Kier molecular flexibility index (Phi) is 3.28. The van der Waals surface area contributed by atoms with E-state index < -0.39 is 0 Å². The standard InChI is InChI=1S/C10H18N4/c1-4-9-7(2)13-14(8(9)3)6-5-10(11)12/h4-6H2,1-3H3,(H3,11,12). The van der Waals surface area contributed by atoms with E-state index in [-0.39, 0.29) is 5.84 Å². The average Bonchev–Trinajstić information content (AvgIpc) is 2.38. The van der Waals surface area contributed by atoms with Crippen molar-refractivity contribution in [2.45, 2.75) is 40.2 Å². The summed E-state index contributed by atoms with van der Waals surface area (Å²) in [4.78, 5) is 0. The van der Waals surface area contributed by atoms with Gasteiger partial charge in [0.1, 0.15) is 0 Å². The van der Waals surface area contributed by atoms with Gasteiger partial charge in [0.25, 0.3) is 0 Å². The van der Waals surface area contributed by atoms with Crippen molar-refractivity contribution >= 4 is 5.84 Å². The van der Waals surface area contributed by atoms with Gasteiger partial charge in [-0.2, -0.15) is 5.10 Å². The first kappa shape index (κ1) is 10.8. The van der Waals surface area contributed by atoms with E-state index in [1.165, 1.54) is 11.3 Å². The van der Waals surface area contributed by atoms with E-state index in [0.717, 1.165) is 12.1 Å². The minimum Gasteiger partial charge on any atom is -0.388 e. The van der Waals surface area contributed by atoms with Gasteiger partial charge in [-0.3, -0.25) is 10.1 Å². The number of hydrogen-bond acceptors (Lipinski definition) is 2. The van der Waals surface area contributed by atoms with Crippen LogP contribution in [0.4, 0.5) is 0 Å². The molecule has 1 heterocycles. The molecule has 0 radical (unpaired) electrons. The number of aromatic nitrogens is 2. The monoisotopic (exact) mass is 194 g/mol. The minimum atomic E-state index is 0.218. The second kappa shape index (κ2) is 4.26. The number of amidine groups is 1. The molecule has 0 atom stereocenters. The fourth-order valence-corrected chi connectivity index (χ4v) is 1.69. The summed E-state index contributed by atoms with van der Waals surface area (Å²) >= 11 is 0. The lowest BCUT2D eigenvalue weighted by molar-refractivity contribution is 0.608. The average molecular weight is 194 g/mol. The summed E-state index contributed by atoms with van der Waals surface area (Å²) in [6, 6.07) is 0. The summed E-state index contributed by atoms with van der Waals surface area (Å²) in [5, 5.41) is 11.6. The Morgan fingerprint density at radius 1 is 1.50 bits per heavy atom. The van der Waals surface area contributed by atoms with Crippen molar-refractivity contribution in [3.63, 3.8) is 0 Å². The highest BCUT2D eigenvalue weighted by molar-refractivity contribution is 5.76. The van der Waals surface area contributed by atoms with Crippen LogP contribution in [0.25, 0.3) is 0 Å². The SMILES string of the molecule is CCc1c(C)nn(CCC(=N)N)c1C. The molecule has 0 fully saturated rings. The van der Waals surface area contributed by atoms with Gasteiger partial charge in [-0.25, -0.2) is 0 Å². The van der Waals surface area contributed by atoms with Crippen molar-refractivity contribution < 1.29 is 0 Å². The molecule has 0 amide bonds. The third kappa shape index (κ3) is 2.13. The van der Waals surface area contributed by atoms with Crippen LogP contribution in [0.2, 0.25) is 0 Å². The van der Waals surface area contributed by atoms with E-state index in [4.69, 9.17) is 11.1 Å². The van der Waals surface area contributed by atoms with Crippen LogP contribution >= 0.6 is 0 Å². The lowest BCUT2D eigenvalue weighted by Gasteiger charge is -2.03. The molecule has 78 valence electrons. The predicted octanol–water partition coefficient (Wildman–Crippen LogP) is 1.39. The van der Waals surface area contributed by atoms with Crippen molar-refractivity contribution in [2.24, 2.45) is 5.73 Å². The number of hydrogen-bond donors (Lipinski definition) is 2. The van der Waals surface area contributed by atoms with E-state index in [1.54, 1.807) is 0 Å². The molecule has 0 saturated carbocycles. The molecular formula is C10H18N4. The second-order valence-corrected chi connectivity index (χ2v) is 3.50. The molecule has 1 aromatic rings. The lowest BCUT2D eigenvalue weighted by Crippen LogP contribution is -2.14. The van der Waals surface area contributed by atoms with Crippen LogP contribution in [-0.2, 0) is 13.0 Å². The van der Waals surface area contributed by atoms with Crippen molar-refractivity contribution in [3.8, 4) is 0 Å². The first-order valence-electron chi connectivity index (χ1n) is 4.92. The number of aryl methyl sites for hydroxylation is 2. The highest BCUT2D eigenvalue weighted by atomic mass is 15.3. The van der Waals surface area contributed by atoms with Crippen LogP contribution in [0.3, 0.4) is 0 Å². The van der Waals surface area contributed by atoms with Crippen LogP contribution in [-0.4, -0.2) is 15.6 Å². The maximum atomic E-state index is 7.16. The quantitative estimate of drug-likeness (QED) is 0.561. The smallest absolute Gasteiger partial charge is 0.0923 e. The van der Waals surface area contributed by atoms with Gasteiger partial charge in [0, 0.05) is 18.7 Å². The molecule has 1 rings (SSSR count). The van der Waals surface area contributed by atoms with Gasteiger partial charge in [0.2, 0.25) is 0 Å². The summed E-state index contributed by atoms with van der Waals surface area (Å²) in [5.74, 6) is 0.218. The van der Waals surface area contributed by atoms with Crippen LogP contribution in [0, 0.1) is 19.3 Å². The largest absolute Gasteiger partial charge is 0.388 e. The molecule has 0 aliphatic heterocycles. The Bertz CT molecular complexity index is 338. The second-order valence-electron chi connectivity index (χ2n) is 3.50.